The fourth-order valence-electron chi connectivity index (χ4n) is 5.89. The van der Waals surface area contributed by atoms with Gasteiger partial charge in [-0.2, -0.15) is 0 Å². The summed E-state index contributed by atoms with van der Waals surface area (Å²) < 4.78 is 21.4. The van der Waals surface area contributed by atoms with E-state index in [2.05, 4.69) is 194 Å². The minimum absolute atomic E-state index is 0.00466. The highest BCUT2D eigenvalue weighted by Crippen LogP contribution is 2.52. The average molecular weight is 703 g/mol. The van der Waals surface area contributed by atoms with Crippen molar-refractivity contribution in [3.63, 3.8) is 0 Å². The first-order valence-electron chi connectivity index (χ1n) is 18.5. The topological polar surface area (TPSA) is 27.7 Å². The van der Waals surface area contributed by atoms with Gasteiger partial charge in [-0.1, -0.05) is 182 Å². The van der Waals surface area contributed by atoms with Gasteiger partial charge in [0.2, 0.25) is 0 Å². The van der Waals surface area contributed by atoms with Gasteiger partial charge in [0, 0.05) is 22.3 Å². The molecular formula is C46H71O3P. The van der Waals surface area contributed by atoms with Crippen LogP contribution in [0.2, 0.25) is 0 Å². The lowest BCUT2D eigenvalue weighted by atomic mass is 9.75. The van der Waals surface area contributed by atoms with Crippen molar-refractivity contribution < 1.29 is 13.6 Å². The second-order valence-electron chi connectivity index (χ2n) is 21.6. The third-order valence-electron chi connectivity index (χ3n) is 9.39. The zero-order chi connectivity index (χ0) is 38.6. The quantitative estimate of drug-likeness (QED) is 0.239. The summed E-state index contributed by atoms with van der Waals surface area (Å²) in [6.07, 6.45) is 0. The molecule has 50 heavy (non-hydrogen) atoms. The largest absolute Gasteiger partial charge is 0.530 e. The van der Waals surface area contributed by atoms with E-state index in [4.69, 9.17) is 13.6 Å². The summed E-state index contributed by atoms with van der Waals surface area (Å²) in [5.74, 6) is 2.44. The van der Waals surface area contributed by atoms with Crippen molar-refractivity contribution in [1.29, 1.82) is 0 Å². The van der Waals surface area contributed by atoms with Crippen LogP contribution in [0, 0.1) is 0 Å². The van der Waals surface area contributed by atoms with Crippen molar-refractivity contribution in [2.24, 2.45) is 0 Å². The number of hydrogen-bond acceptors (Lipinski definition) is 3. The molecule has 0 fully saturated rings. The summed E-state index contributed by atoms with van der Waals surface area (Å²) in [7, 11) is -1.96. The minimum atomic E-state index is -1.96. The van der Waals surface area contributed by atoms with Crippen molar-refractivity contribution in [2.75, 3.05) is 0 Å². The van der Waals surface area contributed by atoms with Crippen LogP contribution in [-0.2, 0) is 37.9 Å². The molecule has 3 rings (SSSR count). The lowest BCUT2D eigenvalue weighted by molar-refractivity contribution is 0.366. The summed E-state index contributed by atoms with van der Waals surface area (Å²) in [6, 6.07) is 17.9. The van der Waals surface area contributed by atoms with Crippen LogP contribution in [0.15, 0.2) is 48.5 Å². The molecule has 3 aromatic carbocycles. The van der Waals surface area contributed by atoms with Gasteiger partial charge in [0.05, 0.1) is 0 Å². The van der Waals surface area contributed by atoms with E-state index in [0.717, 1.165) is 39.5 Å². The van der Waals surface area contributed by atoms with Crippen LogP contribution < -0.4 is 13.6 Å². The Hall–Kier alpha value is -2.51. The monoisotopic (exact) mass is 703 g/mol. The van der Waals surface area contributed by atoms with Gasteiger partial charge in [-0.15, -0.1) is 0 Å². The Morgan fingerprint density at radius 3 is 0.860 bits per heavy atom. The Balaban J connectivity index is 2.39. The van der Waals surface area contributed by atoms with Crippen LogP contribution in [-0.4, -0.2) is 0 Å². The molecule has 0 amide bonds. The average Bonchev–Trinajstić information content (AvgIpc) is 2.89. The molecule has 0 aliphatic rings. The zero-order valence-electron chi connectivity index (χ0n) is 35.8. The summed E-state index contributed by atoms with van der Waals surface area (Å²) in [5, 5.41) is 0. The van der Waals surface area contributed by atoms with Gasteiger partial charge in [-0.25, -0.2) is 0 Å². The Labute approximate surface area is 309 Å². The molecule has 0 spiro atoms. The first kappa shape index (κ1) is 41.9. The van der Waals surface area contributed by atoms with Crippen molar-refractivity contribution in [3.8, 4) is 17.2 Å². The molecule has 0 heterocycles. The van der Waals surface area contributed by atoms with Crippen LogP contribution in [0.3, 0.4) is 0 Å². The van der Waals surface area contributed by atoms with Crippen LogP contribution in [0.5, 0.6) is 17.2 Å². The lowest BCUT2D eigenvalue weighted by Crippen LogP contribution is -2.23. The third-order valence-corrected chi connectivity index (χ3v) is 10.4. The zero-order valence-corrected chi connectivity index (χ0v) is 36.7. The van der Waals surface area contributed by atoms with Gasteiger partial charge in [0.25, 0.3) is 0 Å². The van der Waals surface area contributed by atoms with Gasteiger partial charge in [0.1, 0.15) is 17.2 Å². The van der Waals surface area contributed by atoms with Crippen molar-refractivity contribution in [3.05, 3.63) is 87.5 Å². The van der Waals surface area contributed by atoms with E-state index in [1.807, 2.05) is 0 Å². The van der Waals surface area contributed by atoms with Crippen molar-refractivity contribution >= 4 is 8.60 Å². The Bertz CT molecular complexity index is 1530. The summed E-state index contributed by atoms with van der Waals surface area (Å²) >= 11 is 0. The summed E-state index contributed by atoms with van der Waals surface area (Å²) in [4.78, 5) is 0. The SMILES string of the molecule is CC(C)(C)c1ccc(OP(Oc2ccc(C(C)(C)C)cc2C(C)(C)C)Oc2c(C(C)(C)C)cc(C(C)(C)C)cc2C(C)(C)C)c(C(C)(C)C)c1. The van der Waals surface area contributed by atoms with E-state index in [9.17, 15) is 0 Å². The maximum Gasteiger partial charge on any atom is 0.530 e. The molecule has 0 aromatic heterocycles. The smallest absolute Gasteiger partial charge is 0.408 e. The fourth-order valence-corrected chi connectivity index (χ4v) is 6.99. The molecule has 0 N–H and O–H groups in total. The first-order valence-corrected chi connectivity index (χ1v) is 19.6. The molecule has 278 valence electrons. The van der Waals surface area contributed by atoms with Gasteiger partial charge < -0.3 is 13.6 Å². The molecule has 0 saturated carbocycles. The Morgan fingerprint density at radius 2 is 0.600 bits per heavy atom. The van der Waals surface area contributed by atoms with E-state index in [0.29, 0.717) is 0 Å². The Morgan fingerprint density at radius 1 is 0.320 bits per heavy atom. The molecule has 0 aliphatic heterocycles. The van der Waals surface area contributed by atoms with E-state index < -0.39 is 8.60 Å². The fraction of sp³-hybridized carbons (Fsp3) is 0.609. The number of rotatable bonds is 6. The predicted octanol–water partition coefficient (Wildman–Crippen LogP) is 14.5. The van der Waals surface area contributed by atoms with Crippen LogP contribution in [0.25, 0.3) is 0 Å². The highest BCUT2D eigenvalue weighted by molar-refractivity contribution is 7.43. The maximum atomic E-state index is 7.26. The predicted molar refractivity (Wildman–Crippen MR) is 219 cm³/mol. The normalized spacial score (nSPS) is 13.9. The minimum Gasteiger partial charge on any atom is -0.408 e. The highest BCUT2D eigenvalue weighted by atomic mass is 31.2. The molecular weight excluding hydrogens is 631 g/mol. The second kappa shape index (κ2) is 13.8. The van der Waals surface area contributed by atoms with Gasteiger partial charge in [-0.05, 0) is 66.7 Å². The van der Waals surface area contributed by atoms with Crippen LogP contribution in [0.1, 0.15) is 184 Å². The first-order chi connectivity index (χ1) is 22.2. The third kappa shape index (κ3) is 10.3. The maximum absolute atomic E-state index is 7.26. The number of benzene rings is 3. The molecule has 0 radical (unpaired) electrons. The van der Waals surface area contributed by atoms with Crippen molar-refractivity contribution in [1.82, 2.24) is 0 Å². The van der Waals surface area contributed by atoms with Gasteiger partial charge in [0.15, 0.2) is 0 Å². The molecule has 0 saturated heterocycles. The lowest BCUT2D eigenvalue weighted by Gasteiger charge is -2.34. The van der Waals surface area contributed by atoms with Crippen LogP contribution in [0.4, 0.5) is 0 Å². The standard InChI is InChI=1S/C46H71O3P/c1-40(2,3)30-22-24-37(33(26-30)43(10,11)12)47-50(48-38-25-23-31(41(4,5)6)27-34(38)44(13,14)15)49-39-35(45(16,17)18)28-32(42(7,8)9)29-36(39)46(19,20)21/h22-29H,1-21H3. The second-order valence-corrected chi connectivity index (χ2v) is 22.6. The van der Waals surface area contributed by atoms with E-state index in [1.165, 1.54) is 16.7 Å². The van der Waals surface area contributed by atoms with Crippen molar-refractivity contribution in [2.45, 2.75) is 183 Å². The molecule has 0 unspecified atom stereocenters. The molecule has 4 heteroatoms. The van der Waals surface area contributed by atoms with E-state index in [-0.39, 0.29) is 37.9 Å². The summed E-state index contributed by atoms with van der Waals surface area (Å²) in [6.45, 7) is 47.5. The highest BCUT2D eigenvalue weighted by Gasteiger charge is 2.36. The van der Waals surface area contributed by atoms with Gasteiger partial charge >= 0.3 is 8.60 Å². The molecule has 3 nitrogen and oxygen atoms in total. The summed E-state index contributed by atoms with van der Waals surface area (Å²) in [5.41, 5.74) is 7.73. The van der Waals surface area contributed by atoms with Gasteiger partial charge in [-0.3, -0.25) is 0 Å². The van der Waals surface area contributed by atoms with E-state index in [1.54, 1.807) is 0 Å². The van der Waals surface area contributed by atoms with E-state index >= 15 is 0 Å². The molecule has 3 aromatic rings. The molecule has 0 bridgehead atoms. The number of hydrogen-bond donors (Lipinski definition) is 0. The molecule has 0 aliphatic carbocycles. The van der Waals surface area contributed by atoms with Crippen LogP contribution >= 0.6 is 8.60 Å². The Kier molecular flexibility index (Phi) is 11.6. The molecule has 0 atom stereocenters.